The number of hydrogen-bond donors (Lipinski definition) is 1. The third kappa shape index (κ3) is 4.98. The van der Waals surface area contributed by atoms with E-state index in [-0.39, 0.29) is 17.2 Å². The van der Waals surface area contributed by atoms with E-state index < -0.39 is 0 Å². The van der Waals surface area contributed by atoms with E-state index in [0.29, 0.717) is 5.16 Å². The van der Waals surface area contributed by atoms with Gasteiger partial charge in [-0.1, -0.05) is 59.8 Å². The molecular formula is C21H24N4OS. The Morgan fingerprint density at radius 2 is 1.70 bits per heavy atom. The lowest BCUT2D eigenvalue weighted by Gasteiger charge is -2.20. The predicted molar refractivity (Wildman–Crippen MR) is 110 cm³/mol. The van der Waals surface area contributed by atoms with Crippen LogP contribution in [0.3, 0.4) is 0 Å². The van der Waals surface area contributed by atoms with E-state index in [1.807, 2.05) is 67.8 Å². The number of para-hydroxylation sites is 1. The van der Waals surface area contributed by atoms with Crippen LogP contribution >= 0.6 is 11.8 Å². The Balaban J connectivity index is 1.92. The number of aromatic nitrogens is 3. The molecule has 0 atom stereocenters. The van der Waals surface area contributed by atoms with Crippen LogP contribution in [0, 0.1) is 6.92 Å². The molecule has 1 amide bonds. The molecule has 0 unspecified atom stereocenters. The molecule has 0 aliphatic heterocycles. The summed E-state index contributed by atoms with van der Waals surface area (Å²) in [5.41, 5.74) is 2.90. The molecule has 5 nitrogen and oxygen atoms in total. The van der Waals surface area contributed by atoms with E-state index >= 15 is 0 Å². The van der Waals surface area contributed by atoms with Crippen molar-refractivity contribution in [2.24, 2.45) is 0 Å². The second-order valence-electron chi connectivity index (χ2n) is 7.43. The number of thioether (sulfide) groups is 1. The molecule has 0 fully saturated rings. The molecule has 0 radical (unpaired) electrons. The fraction of sp³-hybridized carbons (Fsp3) is 0.286. The maximum absolute atomic E-state index is 12.2. The van der Waals surface area contributed by atoms with Crippen LogP contribution in [-0.4, -0.2) is 32.0 Å². The number of nitrogens with one attached hydrogen (secondary N) is 1. The molecule has 3 aromatic rings. The lowest BCUT2D eigenvalue weighted by molar-refractivity contribution is -0.119. The molecular weight excluding hydrogens is 356 g/mol. The first-order chi connectivity index (χ1) is 12.8. The van der Waals surface area contributed by atoms with Crippen molar-refractivity contribution in [3.63, 3.8) is 0 Å². The third-order valence-corrected chi connectivity index (χ3v) is 4.73. The number of aryl methyl sites for hydroxylation is 1. The molecule has 140 valence electrons. The smallest absolute Gasteiger partial charge is 0.230 e. The zero-order valence-electron chi connectivity index (χ0n) is 16.1. The molecule has 0 bridgehead atoms. The first kappa shape index (κ1) is 19.2. The van der Waals surface area contributed by atoms with Gasteiger partial charge in [-0.05, 0) is 39.8 Å². The molecule has 0 saturated heterocycles. The summed E-state index contributed by atoms with van der Waals surface area (Å²) in [5, 5.41) is 12.4. The molecule has 27 heavy (non-hydrogen) atoms. The van der Waals surface area contributed by atoms with Crippen LogP contribution in [0.4, 0.5) is 0 Å². The summed E-state index contributed by atoms with van der Waals surface area (Å²) in [7, 11) is 0. The Morgan fingerprint density at radius 1 is 1.04 bits per heavy atom. The summed E-state index contributed by atoms with van der Waals surface area (Å²) in [4.78, 5) is 12.2. The molecule has 1 aromatic heterocycles. The summed E-state index contributed by atoms with van der Waals surface area (Å²) >= 11 is 1.39. The van der Waals surface area contributed by atoms with Gasteiger partial charge in [-0.3, -0.25) is 9.36 Å². The van der Waals surface area contributed by atoms with Gasteiger partial charge in [-0.2, -0.15) is 0 Å². The minimum atomic E-state index is -0.252. The van der Waals surface area contributed by atoms with Crippen LogP contribution in [0.25, 0.3) is 17.1 Å². The minimum absolute atomic E-state index is 0.0213. The summed E-state index contributed by atoms with van der Waals surface area (Å²) in [5.74, 6) is 1.03. The number of carbonyl (C=O) groups is 1. The molecule has 2 aromatic carbocycles. The number of rotatable bonds is 5. The van der Waals surface area contributed by atoms with Gasteiger partial charge in [0.1, 0.15) is 0 Å². The topological polar surface area (TPSA) is 59.8 Å². The van der Waals surface area contributed by atoms with Gasteiger partial charge >= 0.3 is 0 Å². The monoisotopic (exact) mass is 380 g/mol. The number of nitrogens with zero attached hydrogens (tertiary/aromatic N) is 3. The van der Waals surface area contributed by atoms with E-state index in [1.165, 1.54) is 17.3 Å². The Hall–Kier alpha value is -2.60. The highest BCUT2D eigenvalue weighted by molar-refractivity contribution is 7.99. The maximum atomic E-state index is 12.2. The van der Waals surface area contributed by atoms with Gasteiger partial charge in [0.05, 0.1) is 5.75 Å². The summed E-state index contributed by atoms with van der Waals surface area (Å²) < 4.78 is 2.00. The quantitative estimate of drug-likeness (QED) is 0.672. The molecule has 1 heterocycles. The van der Waals surface area contributed by atoms with Crippen molar-refractivity contribution in [3.8, 4) is 17.1 Å². The second-order valence-corrected chi connectivity index (χ2v) is 8.37. The van der Waals surface area contributed by atoms with Crippen LogP contribution in [0.15, 0.2) is 59.8 Å². The largest absolute Gasteiger partial charge is 0.351 e. The molecule has 0 spiro atoms. The van der Waals surface area contributed by atoms with Crippen molar-refractivity contribution in [3.05, 3.63) is 60.2 Å². The van der Waals surface area contributed by atoms with Crippen molar-refractivity contribution >= 4 is 17.7 Å². The van der Waals surface area contributed by atoms with Gasteiger partial charge in [0.25, 0.3) is 0 Å². The van der Waals surface area contributed by atoms with Crippen molar-refractivity contribution in [2.75, 3.05) is 5.75 Å². The molecule has 0 aliphatic carbocycles. The Labute approximate surface area is 164 Å². The number of hydrogen-bond acceptors (Lipinski definition) is 4. The highest BCUT2D eigenvalue weighted by Crippen LogP contribution is 2.28. The number of amides is 1. The Kier molecular flexibility index (Phi) is 5.65. The van der Waals surface area contributed by atoms with Crippen LogP contribution in [0.1, 0.15) is 26.3 Å². The van der Waals surface area contributed by atoms with E-state index in [9.17, 15) is 4.79 Å². The van der Waals surface area contributed by atoms with E-state index in [1.54, 1.807) is 0 Å². The zero-order valence-corrected chi connectivity index (χ0v) is 16.9. The van der Waals surface area contributed by atoms with Crippen LogP contribution in [-0.2, 0) is 4.79 Å². The average molecular weight is 381 g/mol. The van der Waals surface area contributed by atoms with E-state index in [0.717, 1.165) is 17.1 Å². The summed E-state index contributed by atoms with van der Waals surface area (Å²) in [6.07, 6.45) is 0. The third-order valence-electron chi connectivity index (χ3n) is 3.80. The zero-order chi connectivity index (χ0) is 19.4. The van der Waals surface area contributed by atoms with Crippen molar-refractivity contribution in [1.82, 2.24) is 20.1 Å². The molecule has 1 N–H and O–H groups in total. The SMILES string of the molecule is Cc1ccc(-c2nnc(SCC(=O)NC(C)(C)C)n2-c2ccccc2)cc1. The predicted octanol–water partition coefficient (Wildman–Crippen LogP) is 4.25. The lowest BCUT2D eigenvalue weighted by atomic mass is 10.1. The van der Waals surface area contributed by atoms with Gasteiger partial charge in [-0.25, -0.2) is 0 Å². The molecule has 0 aliphatic rings. The average Bonchev–Trinajstić information content (AvgIpc) is 3.04. The van der Waals surface area contributed by atoms with Gasteiger partial charge in [0, 0.05) is 16.8 Å². The summed E-state index contributed by atoms with van der Waals surface area (Å²) in [6.45, 7) is 7.97. The van der Waals surface area contributed by atoms with Crippen molar-refractivity contribution in [2.45, 2.75) is 38.4 Å². The molecule has 3 rings (SSSR count). The highest BCUT2D eigenvalue weighted by Gasteiger charge is 2.19. The first-order valence-electron chi connectivity index (χ1n) is 8.85. The van der Waals surface area contributed by atoms with E-state index in [2.05, 4.69) is 34.6 Å². The minimum Gasteiger partial charge on any atom is -0.351 e. The molecule has 6 heteroatoms. The fourth-order valence-corrected chi connectivity index (χ4v) is 3.40. The van der Waals surface area contributed by atoms with Crippen LogP contribution < -0.4 is 5.32 Å². The second kappa shape index (κ2) is 7.96. The van der Waals surface area contributed by atoms with Crippen molar-refractivity contribution < 1.29 is 4.79 Å². The number of carbonyl (C=O) groups excluding carboxylic acids is 1. The van der Waals surface area contributed by atoms with Gasteiger partial charge in [-0.15, -0.1) is 10.2 Å². The highest BCUT2D eigenvalue weighted by atomic mass is 32.2. The van der Waals surface area contributed by atoms with Crippen LogP contribution in [0.5, 0.6) is 0 Å². The lowest BCUT2D eigenvalue weighted by Crippen LogP contribution is -2.41. The van der Waals surface area contributed by atoms with Gasteiger partial charge < -0.3 is 5.32 Å². The van der Waals surface area contributed by atoms with Crippen LogP contribution in [0.2, 0.25) is 0 Å². The van der Waals surface area contributed by atoms with Crippen molar-refractivity contribution in [1.29, 1.82) is 0 Å². The Bertz CT molecular complexity index is 912. The Morgan fingerprint density at radius 3 is 2.33 bits per heavy atom. The van der Waals surface area contributed by atoms with E-state index in [4.69, 9.17) is 0 Å². The standard InChI is InChI=1S/C21H24N4OS/c1-15-10-12-16(13-11-15)19-23-24-20(25(19)17-8-6-5-7-9-17)27-14-18(26)22-21(2,3)4/h5-13H,14H2,1-4H3,(H,22,26). The fourth-order valence-electron chi connectivity index (χ4n) is 2.65. The normalized spacial score (nSPS) is 11.4. The number of benzene rings is 2. The maximum Gasteiger partial charge on any atom is 0.230 e. The first-order valence-corrected chi connectivity index (χ1v) is 9.84. The van der Waals surface area contributed by atoms with Gasteiger partial charge in [0.15, 0.2) is 11.0 Å². The molecule has 0 saturated carbocycles. The summed E-state index contributed by atoms with van der Waals surface area (Å²) in [6, 6.07) is 18.2. The van der Waals surface area contributed by atoms with Gasteiger partial charge in [0.2, 0.25) is 5.91 Å².